The van der Waals surface area contributed by atoms with Crippen LogP contribution in [0.5, 0.6) is 0 Å². The lowest BCUT2D eigenvalue weighted by Gasteiger charge is -2.12. The Kier molecular flexibility index (Phi) is 5.88. The first kappa shape index (κ1) is 20.8. The zero-order valence-electron chi connectivity index (χ0n) is 16.1. The van der Waals surface area contributed by atoms with Crippen LogP contribution in [0.25, 0.3) is 10.8 Å². The van der Waals surface area contributed by atoms with Gasteiger partial charge in [-0.05, 0) is 41.4 Å². The minimum absolute atomic E-state index is 0.0564. The molecule has 7 nitrogen and oxygen atoms in total. The van der Waals surface area contributed by atoms with Crippen molar-refractivity contribution in [1.82, 2.24) is 9.89 Å². The van der Waals surface area contributed by atoms with Crippen LogP contribution in [-0.2, 0) is 17.6 Å². The van der Waals surface area contributed by atoms with Crippen molar-refractivity contribution in [2.45, 2.75) is 12.8 Å². The molecular weight excluding hydrogens is 439 g/mol. The minimum Gasteiger partial charge on any atom is -0.618 e. The molecular formula is C22H16Cl2N4O3. The second-order valence-corrected chi connectivity index (χ2v) is 7.73. The number of hydrogen-bond donors (Lipinski definition) is 1. The third kappa shape index (κ3) is 4.68. The number of nitrogens with one attached hydrogen (secondary N) is 1. The molecule has 31 heavy (non-hydrogen) atoms. The average Bonchev–Trinajstić information content (AvgIpc) is 2.76. The number of halogens is 2. The van der Waals surface area contributed by atoms with Crippen LogP contribution < -0.4 is 15.7 Å². The van der Waals surface area contributed by atoms with E-state index < -0.39 is 11.5 Å². The molecule has 0 aliphatic rings. The summed E-state index contributed by atoms with van der Waals surface area (Å²) >= 11 is 11.7. The maximum atomic E-state index is 12.9. The van der Waals surface area contributed by atoms with E-state index in [0.717, 1.165) is 10.4 Å². The Bertz CT molecular complexity index is 1340. The maximum absolute atomic E-state index is 12.9. The smallest absolute Gasteiger partial charge is 0.294 e. The molecule has 0 bridgehead atoms. The normalized spacial score (nSPS) is 10.9. The number of rotatable bonds is 5. The number of carbonyl (C=O) groups is 1. The highest BCUT2D eigenvalue weighted by Gasteiger charge is 2.14. The van der Waals surface area contributed by atoms with Crippen LogP contribution in [0.3, 0.4) is 0 Å². The monoisotopic (exact) mass is 454 g/mol. The number of nitrogens with zero attached hydrogens (tertiary/aromatic N) is 3. The third-order valence-electron chi connectivity index (χ3n) is 4.69. The molecule has 0 saturated carbocycles. The van der Waals surface area contributed by atoms with Gasteiger partial charge >= 0.3 is 0 Å². The van der Waals surface area contributed by atoms with Crippen molar-refractivity contribution >= 4 is 39.9 Å². The van der Waals surface area contributed by atoms with Crippen molar-refractivity contribution in [3.63, 3.8) is 0 Å². The summed E-state index contributed by atoms with van der Waals surface area (Å²) in [4.78, 5) is 26.3. The SMILES string of the molecule is O=C(Cc1ccc(Cl)cc1)Nn1nc(Cc2ccc(Cl)[n+]([O-])c2)c2ccccc2c1=O. The molecule has 0 saturated heterocycles. The van der Waals surface area contributed by atoms with Gasteiger partial charge in [-0.1, -0.05) is 41.9 Å². The van der Waals surface area contributed by atoms with Gasteiger partial charge < -0.3 is 5.21 Å². The number of aromatic nitrogens is 3. The number of pyridine rings is 1. The van der Waals surface area contributed by atoms with Crippen LogP contribution in [0, 0.1) is 5.21 Å². The summed E-state index contributed by atoms with van der Waals surface area (Å²) in [5.41, 5.74) is 4.04. The summed E-state index contributed by atoms with van der Waals surface area (Å²) in [7, 11) is 0. The van der Waals surface area contributed by atoms with Crippen LogP contribution in [0.1, 0.15) is 16.8 Å². The molecule has 2 heterocycles. The average molecular weight is 455 g/mol. The first-order chi connectivity index (χ1) is 14.9. The highest BCUT2D eigenvalue weighted by molar-refractivity contribution is 6.30. The third-order valence-corrected chi connectivity index (χ3v) is 5.23. The molecule has 0 spiro atoms. The summed E-state index contributed by atoms with van der Waals surface area (Å²) in [6, 6.07) is 17.0. The van der Waals surface area contributed by atoms with E-state index in [9.17, 15) is 14.8 Å². The molecule has 4 aromatic rings. The van der Waals surface area contributed by atoms with Crippen LogP contribution in [0.15, 0.2) is 71.7 Å². The van der Waals surface area contributed by atoms with Crippen molar-refractivity contribution < 1.29 is 9.52 Å². The van der Waals surface area contributed by atoms with Crippen molar-refractivity contribution in [3.8, 4) is 0 Å². The molecule has 156 valence electrons. The van der Waals surface area contributed by atoms with E-state index >= 15 is 0 Å². The maximum Gasteiger partial charge on any atom is 0.294 e. The number of fused-ring (bicyclic) bond motifs is 1. The second-order valence-electron chi connectivity index (χ2n) is 6.91. The van der Waals surface area contributed by atoms with E-state index in [-0.39, 0.29) is 18.0 Å². The number of hydrogen-bond acceptors (Lipinski definition) is 4. The Balaban J connectivity index is 1.67. The summed E-state index contributed by atoms with van der Waals surface area (Å²) in [6.07, 6.45) is 1.68. The van der Waals surface area contributed by atoms with E-state index in [1.54, 1.807) is 54.6 Å². The molecule has 0 unspecified atom stereocenters. The predicted octanol–water partition coefficient (Wildman–Crippen LogP) is 3.24. The number of benzene rings is 2. The lowest BCUT2D eigenvalue weighted by Crippen LogP contribution is -2.36. The van der Waals surface area contributed by atoms with Crippen molar-refractivity contribution in [2.75, 3.05) is 5.43 Å². The molecule has 0 radical (unpaired) electrons. The van der Waals surface area contributed by atoms with Crippen LogP contribution in [-0.4, -0.2) is 15.8 Å². The molecule has 0 fully saturated rings. The highest BCUT2D eigenvalue weighted by Crippen LogP contribution is 2.17. The summed E-state index contributed by atoms with van der Waals surface area (Å²) in [6.45, 7) is 0. The van der Waals surface area contributed by atoms with Gasteiger partial charge in [-0.25, -0.2) is 5.43 Å². The number of carbonyl (C=O) groups excluding carboxylic acids is 1. The van der Waals surface area contributed by atoms with Crippen LogP contribution in [0.2, 0.25) is 10.2 Å². The quantitative estimate of drug-likeness (QED) is 0.284. The molecule has 9 heteroatoms. The molecule has 0 aliphatic heterocycles. The first-order valence-electron chi connectivity index (χ1n) is 9.33. The van der Waals surface area contributed by atoms with E-state index in [2.05, 4.69) is 10.5 Å². The Morgan fingerprint density at radius 1 is 1.00 bits per heavy atom. The fourth-order valence-corrected chi connectivity index (χ4v) is 3.45. The first-order valence-corrected chi connectivity index (χ1v) is 10.1. The number of amides is 1. The Hall–Kier alpha value is -3.42. The van der Waals surface area contributed by atoms with Gasteiger partial charge in [0.1, 0.15) is 0 Å². The predicted molar refractivity (Wildman–Crippen MR) is 119 cm³/mol. The van der Waals surface area contributed by atoms with Crippen LogP contribution in [0.4, 0.5) is 0 Å². The standard InChI is InChI=1S/C22H16Cl2N4O3/c23-16-8-5-14(6-9-16)12-21(29)26-28-22(30)18-4-2-1-3-17(18)19(25-28)11-15-7-10-20(24)27(31)13-15/h1-10,13H,11-12H2,(H,26,29). The van der Waals surface area contributed by atoms with Crippen molar-refractivity contribution in [1.29, 1.82) is 0 Å². The van der Waals surface area contributed by atoms with Gasteiger partial charge in [0.2, 0.25) is 5.91 Å². The van der Waals surface area contributed by atoms with Crippen molar-refractivity contribution in [3.05, 3.63) is 109 Å². The zero-order valence-corrected chi connectivity index (χ0v) is 17.6. The minimum atomic E-state index is -0.446. The summed E-state index contributed by atoms with van der Waals surface area (Å²) in [5, 5.41) is 17.8. The lowest BCUT2D eigenvalue weighted by molar-refractivity contribution is -0.603. The van der Waals surface area contributed by atoms with E-state index in [1.165, 1.54) is 12.3 Å². The molecule has 2 aromatic carbocycles. The second kappa shape index (κ2) is 8.75. The fourth-order valence-electron chi connectivity index (χ4n) is 3.21. The Labute approximate surface area is 187 Å². The Morgan fingerprint density at radius 2 is 1.68 bits per heavy atom. The van der Waals surface area contributed by atoms with Crippen LogP contribution >= 0.6 is 23.2 Å². The van der Waals surface area contributed by atoms with Gasteiger partial charge in [0, 0.05) is 28.5 Å². The molecule has 1 N–H and O–H groups in total. The molecule has 1 amide bonds. The zero-order chi connectivity index (χ0) is 22.0. The van der Waals surface area contributed by atoms with Crippen molar-refractivity contribution in [2.24, 2.45) is 0 Å². The van der Waals surface area contributed by atoms with Gasteiger partial charge in [0.05, 0.1) is 17.5 Å². The fraction of sp³-hybridized carbons (Fsp3) is 0.0909. The van der Waals surface area contributed by atoms with E-state index in [4.69, 9.17) is 23.2 Å². The summed E-state index contributed by atoms with van der Waals surface area (Å²) < 4.78 is 0.559. The molecule has 4 rings (SSSR count). The molecule has 0 atom stereocenters. The van der Waals surface area contributed by atoms with E-state index in [1.807, 2.05) is 0 Å². The topological polar surface area (TPSA) is 90.9 Å². The molecule has 0 aliphatic carbocycles. The van der Waals surface area contributed by atoms with Gasteiger partial charge in [0.15, 0.2) is 6.20 Å². The van der Waals surface area contributed by atoms with Gasteiger partial charge in [-0.3, -0.25) is 9.59 Å². The summed E-state index contributed by atoms with van der Waals surface area (Å²) in [5.74, 6) is -0.401. The van der Waals surface area contributed by atoms with Gasteiger partial charge in [-0.15, -0.1) is 4.79 Å². The van der Waals surface area contributed by atoms with E-state index in [0.29, 0.717) is 31.8 Å². The Morgan fingerprint density at radius 3 is 2.39 bits per heavy atom. The lowest BCUT2D eigenvalue weighted by atomic mass is 10.1. The largest absolute Gasteiger partial charge is 0.618 e. The van der Waals surface area contributed by atoms with Gasteiger partial charge in [0.25, 0.3) is 10.7 Å². The molecule has 2 aromatic heterocycles. The van der Waals surface area contributed by atoms with Gasteiger partial charge in [-0.2, -0.15) is 9.83 Å². The highest BCUT2D eigenvalue weighted by atomic mass is 35.5.